The number of nitrogens with one attached hydrogen (secondary N) is 1. The summed E-state index contributed by atoms with van der Waals surface area (Å²) in [5, 5.41) is 3.06. The highest BCUT2D eigenvalue weighted by atomic mass is 19.1. The predicted molar refractivity (Wildman–Crippen MR) is 135 cm³/mol. The van der Waals surface area contributed by atoms with Crippen molar-refractivity contribution >= 4 is 23.9 Å². The van der Waals surface area contributed by atoms with E-state index in [9.17, 15) is 18.8 Å². The normalized spacial score (nSPS) is 21.0. The smallest absolute Gasteiger partial charge is 0.325 e. The largest absolute Gasteiger partial charge is 0.339 e. The van der Waals surface area contributed by atoms with Gasteiger partial charge in [0.05, 0.1) is 12.2 Å². The number of carbonyl (C=O) groups is 3. The van der Waals surface area contributed by atoms with Gasteiger partial charge in [0, 0.05) is 30.9 Å². The molecule has 1 N–H and O–H groups in total. The van der Waals surface area contributed by atoms with Crippen LogP contribution < -0.4 is 5.32 Å². The number of amides is 4. The number of pyridine rings is 1. The lowest BCUT2D eigenvalue weighted by Gasteiger charge is -2.41. The predicted octanol–water partition coefficient (Wildman–Crippen LogP) is 4.40. The number of aromatic nitrogens is 1. The van der Waals surface area contributed by atoms with E-state index in [0.717, 1.165) is 6.42 Å². The molecule has 1 aromatic heterocycles. The zero-order valence-corrected chi connectivity index (χ0v) is 20.8. The van der Waals surface area contributed by atoms with Gasteiger partial charge in [0.25, 0.3) is 5.91 Å². The standard InChI is InChI=1S/C28H33FN4O3/c1-20(2)12-15-28(26(35)33(27(36)31-28)19-23-8-5-6-16-30-23)22-13-17-32(18-14-22)25(34)11-10-21-7-3-4-9-24(21)29/h3-11,16,20,22H,12-15,17-19H2,1-2H3,(H,31,36)/b11-10+. The van der Waals surface area contributed by atoms with Crippen molar-refractivity contribution in [2.45, 2.75) is 51.6 Å². The highest BCUT2D eigenvalue weighted by Crippen LogP contribution is 2.38. The molecule has 0 bridgehead atoms. The third-order valence-electron chi connectivity index (χ3n) is 7.18. The van der Waals surface area contributed by atoms with E-state index in [4.69, 9.17) is 0 Å². The number of halogens is 1. The second-order valence-corrected chi connectivity index (χ2v) is 10.0. The molecule has 0 spiro atoms. The Hall–Kier alpha value is -3.55. The summed E-state index contributed by atoms with van der Waals surface area (Å²) in [7, 11) is 0. The molecule has 2 saturated heterocycles. The highest BCUT2D eigenvalue weighted by molar-refractivity contribution is 6.07. The Morgan fingerprint density at radius 1 is 1.17 bits per heavy atom. The summed E-state index contributed by atoms with van der Waals surface area (Å²) < 4.78 is 13.9. The van der Waals surface area contributed by atoms with Gasteiger partial charge in [-0.3, -0.25) is 19.5 Å². The summed E-state index contributed by atoms with van der Waals surface area (Å²) >= 11 is 0. The van der Waals surface area contributed by atoms with Crippen molar-refractivity contribution in [3.05, 3.63) is 71.8 Å². The van der Waals surface area contributed by atoms with E-state index in [1.807, 2.05) is 6.07 Å². The maximum absolute atomic E-state index is 13.9. The van der Waals surface area contributed by atoms with Crippen LogP contribution in [0.15, 0.2) is 54.7 Å². The Kier molecular flexibility index (Phi) is 7.82. The first-order valence-corrected chi connectivity index (χ1v) is 12.6. The van der Waals surface area contributed by atoms with Crippen molar-refractivity contribution in [3.8, 4) is 0 Å². The Bertz CT molecular complexity index is 1130. The first kappa shape index (κ1) is 25.5. The lowest BCUT2D eigenvalue weighted by molar-refractivity contribution is -0.135. The van der Waals surface area contributed by atoms with Gasteiger partial charge in [-0.15, -0.1) is 0 Å². The molecule has 0 aliphatic carbocycles. The minimum atomic E-state index is -0.978. The van der Waals surface area contributed by atoms with E-state index >= 15 is 0 Å². The topological polar surface area (TPSA) is 82.6 Å². The maximum Gasteiger partial charge on any atom is 0.325 e. The van der Waals surface area contributed by atoms with Crippen LogP contribution in [-0.2, 0) is 16.1 Å². The van der Waals surface area contributed by atoms with E-state index < -0.39 is 5.54 Å². The summed E-state index contributed by atoms with van der Waals surface area (Å²) in [5.41, 5.74) is 0.0391. The van der Waals surface area contributed by atoms with E-state index in [-0.39, 0.29) is 36.1 Å². The van der Waals surface area contributed by atoms with Gasteiger partial charge >= 0.3 is 6.03 Å². The Balaban J connectivity index is 1.46. The molecule has 0 radical (unpaired) electrons. The third kappa shape index (κ3) is 5.48. The van der Waals surface area contributed by atoms with E-state index in [1.54, 1.807) is 41.4 Å². The summed E-state index contributed by atoms with van der Waals surface area (Å²) in [4.78, 5) is 46.7. The van der Waals surface area contributed by atoms with Crippen molar-refractivity contribution in [2.75, 3.05) is 13.1 Å². The first-order chi connectivity index (χ1) is 17.3. The summed E-state index contributed by atoms with van der Waals surface area (Å²) in [6, 6.07) is 11.3. The van der Waals surface area contributed by atoms with Gasteiger partial charge in [0.15, 0.2) is 0 Å². The van der Waals surface area contributed by atoms with Crippen LogP contribution in [0.3, 0.4) is 0 Å². The fraction of sp³-hybridized carbons (Fsp3) is 0.429. The minimum Gasteiger partial charge on any atom is -0.339 e. The molecule has 2 aromatic rings. The molecule has 1 atom stereocenters. The van der Waals surface area contributed by atoms with Crippen LogP contribution in [0.4, 0.5) is 9.18 Å². The Labute approximate surface area is 211 Å². The zero-order valence-electron chi connectivity index (χ0n) is 20.8. The fourth-order valence-electron chi connectivity index (χ4n) is 5.08. The molecule has 2 aliphatic heterocycles. The zero-order chi connectivity index (χ0) is 25.7. The Morgan fingerprint density at radius 3 is 2.56 bits per heavy atom. The monoisotopic (exact) mass is 492 g/mol. The number of rotatable bonds is 8. The highest BCUT2D eigenvalue weighted by Gasteiger charge is 2.55. The molecule has 4 rings (SSSR count). The molecular formula is C28H33FN4O3. The summed E-state index contributed by atoms with van der Waals surface area (Å²) in [5.74, 6) is -0.477. The summed E-state index contributed by atoms with van der Waals surface area (Å²) in [6.45, 7) is 5.27. The van der Waals surface area contributed by atoms with E-state index in [0.29, 0.717) is 49.5 Å². The molecule has 3 heterocycles. The minimum absolute atomic E-state index is 0.0824. The van der Waals surface area contributed by atoms with Crippen LogP contribution in [0.5, 0.6) is 0 Å². The van der Waals surface area contributed by atoms with Gasteiger partial charge < -0.3 is 10.2 Å². The second kappa shape index (κ2) is 11.0. The lowest BCUT2D eigenvalue weighted by Crippen LogP contribution is -2.56. The molecular weight excluding hydrogens is 459 g/mol. The van der Waals surface area contributed by atoms with Crippen molar-refractivity contribution in [2.24, 2.45) is 11.8 Å². The van der Waals surface area contributed by atoms with Crippen molar-refractivity contribution < 1.29 is 18.8 Å². The van der Waals surface area contributed by atoms with Crippen LogP contribution in [0.2, 0.25) is 0 Å². The van der Waals surface area contributed by atoms with Gasteiger partial charge in [-0.1, -0.05) is 38.1 Å². The molecule has 0 saturated carbocycles. The lowest BCUT2D eigenvalue weighted by atomic mass is 9.74. The van der Waals surface area contributed by atoms with Crippen LogP contribution in [0.25, 0.3) is 6.08 Å². The average molecular weight is 493 g/mol. The molecule has 2 fully saturated rings. The van der Waals surface area contributed by atoms with Crippen molar-refractivity contribution in [1.29, 1.82) is 0 Å². The molecule has 1 aromatic carbocycles. The molecule has 4 amide bonds. The van der Waals surface area contributed by atoms with Gasteiger partial charge in [-0.25, -0.2) is 9.18 Å². The number of hydrogen-bond acceptors (Lipinski definition) is 4. The number of benzene rings is 1. The van der Waals surface area contributed by atoms with Crippen LogP contribution >= 0.6 is 0 Å². The molecule has 1 unspecified atom stereocenters. The summed E-state index contributed by atoms with van der Waals surface area (Å²) in [6.07, 6.45) is 7.08. The van der Waals surface area contributed by atoms with Gasteiger partial charge in [-0.05, 0) is 61.8 Å². The first-order valence-electron chi connectivity index (χ1n) is 12.6. The molecule has 8 heteroatoms. The number of imide groups is 1. The maximum atomic E-state index is 13.9. The number of likely N-dealkylation sites (tertiary alicyclic amines) is 1. The van der Waals surface area contributed by atoms with Gasteiger partial charge in [0.1, 0.15) is 11.4 Å². The average Bonchev–Trinajstić information content (AvgIpc) is 3.12. The quantitative estimate of drug-likeness (QED) is 0.437. The van der Waals surface area contributed by atoms with Gasteiger partial charge in [0.2, 0.25) is 5.91 Å². The van der Waals surface area contributed by atoms with Crippen LogP contribution in [0, 0.1) is 17.7 Å². The van der Waals surface area contributed by atoms with Crippen molar-refractivity contribution in [1.82, 2.24) is 20.1 Å². The SMILES string of the molecule is CC(C)CCC1(C2CCN(C(=O)/C=C/c3ccccc3F)CC2)NC(=O)N(Cc2ccccn2)C1=O. The van der Waals surface area contributed by atoms with Crippen LogP contribution in [-0.4, -0.2) is 51.3 Å². The molecule has 36 heavy (non-hydrogen) atoms. The van der Waals surface area contributed by atoms with E-state index in [2.05, 4.69) is 24.1 Å². The van der Waals surface area contributed by atoms with Crippen molar-refractivity contribution in [3.63, 3.8) is 0 Å². The van der Waals surface area contributed by atoms with E-state index in [1.165, 1.54) is 23.1 Å². The Morgan fingerprint density at radius 2 is 1.89 bits per heavy atom. The van der Waals surface area contributed by atoms with Gasteiger partial charge in [-0.2, -0.15) is 0 Å². The molecule has 2 aliphatic rings. The number of hydrogen-bond donors (Lipinski definition) is 1. The molecule has 7 nitrogen and oxygen atoms in total. The number of urea groups is 1. The fourth-order valence-corrected chi connectivity index (χ4v) is 5.08. The van der Waals surface area contributed by atoms with Crippen LogP contribution in [0.1, 0.15) is 50.8 Å². The number of carbonyl (C=O) groups excluding carboxylic acids is 3. The second-order valence-electron chi connectivity index (χ2n) is 10.0. The molecule has 190 valence electrons. The number of nitrogens with zero attached hydrogens (tertiary/aromatic N) is 3. The number of piperidine rings is 1. The third-order valence-corrected chi connectivity index (χ3v) is 7.18.